The molecule has 0 saturated heterocycles. The Morgan fingerprint density at radius 2 is 2.10 bits per heavy atom. The molecule has 0 bridgehead atoms. The standard InChI is InChI=1S/C16H23BrN2O/c1-16(2)8-4-3-5-14(16)18-15(20)13-9-11(17)10-19(13)12-6-7-12/h9-10,12,14H,3-8H2,1-2H3,(H,18,20). The number of hydrogen-bond donors (Lipinski definition) is 1. The molecule has 2 aliphatic rings. The van der Waals surface area contributed by atoms with Gasteiger partial charge in [0.2, 0.25) is 0 Å². The van der Waals surface area contributed by atoms with Crippen LogP contribution in [0.25, 0.3) is 0 Å². The lowest BCUT2D eigenvalue weighted by Crippen LogP contribution is -2.47. The van der Waals surface area contributed by atoms with Crippen molar-refractivity contribution < 1.29 is 4.79 Å². The summed E-state index contributed by atoms with van der Waals surface area (Å²) in [5.41, 5.74) is 1.02. The van der Waals surface area contributed by atoms with Crippen molar-refractivity contribution in [1.29, 1.82) is 0 Å². The molecule has 2 fully saturated rings. The first kappa shape index (κ1) is 14.2. The second-order valence-electron chi connectivity index (χ2n) is 6.94. The minimum Gasteiger partial charge on any atom is -0.347 e. The minimum absolute atomic E-state index is 0.0857. The van der Waals surface area contributed by atoms with Crippen LogP contribution in [0.3, 0.4) is 0 Å². The Kier molecular flexibility index (Phi) is 3.69. The number of hydrogen-bond acceptors (Lipinski definition) is 1. The summed E-state index contributed by atoms with van der Waals surface area (Å²) in [4.78, 5) is 12.6. The van der Waals surface area contributed by atoms with Crippen LogP contribution >= 0.6 is 15.9 Å². The van der Waals surface area contributed by atoms with Gasteiger partial charge in [-0.05, 0) is 53.1 Å². The van der Waals surface area contributed by atoms with Gasteiger partial charge >= 0.3 is 0 Å². The van der Waals surface area contributed by atoms with Crippen molar-refractivity contribution in [3.8, 4) is 0 Å². The number of aromatic nitrogens is 1. The summed E-state index contributed by atoms with van der Waals surface area (Å²) in [6.07, 6.45) is 9.23. The third kappa shape index (κ3) is 2.80. The Balaban J connectivity index is 1.76. The van der Waals surface area contributed by atoms with Gasteiger partial charge in [0.15, 0.2) is 0 Å². The van der Waals surface area contributed by atoms with E-state index in [2.05, 4.69) is 39.7 Å². The molecule has 1 atom stereocenters. The van der Waals surface area contributed by atoms with Gasteiger partial charge < -0.3 is 9.88 Å². The van der Waals surface area contributed by atoms with Crippen molar-refractivity contribution in [2.45, 2.75) is 64.5 Å². The van der Waals surface area contributed by atoms with Crippen molar-refractivity contribution in [1.82, 2.24) is 9.88 Å². The number of rotatable bonds is 3. The predicted octanol–water partition coefficient (Wildman–Crippen LogP) is 4.28. The fourth-order valence-electron chi connectivity index (χ4n) is 3.28. The van der Waals surface area contributed by atoms with Crippen LogP contribution in [0.4, 0.5) is 0 Å². The zero-order valence-corrected chi connectivity index (χ0v) is 13.9. The smallest absolute Gasteiger partial charge is 0.268 e. The molecule has 0 aromatic carbocycles. The van der Waals surface area contributed by atoms with Gasteiger partial charge in [0, 0.05) is 22.8 Å². The Morgan fingerprint density at radius 3 is 2.75 bits per heavy atom. The molecule has 1 amide bonds. The molecule has 3 nitrogen and oxygen atoms in total. The quantitative estimate of drug-likeness (QED) is 0.876. The zero-order valence-electron chi connectivity index (χ0n) is 12.3. The van der Waals surface area contributed by atoms with Crippen LogP contribution in [0.5, 0.6) is 0 Å². The molecule has 0 aliphatic heterocycles. The van der Waals surface area contributed by atoms with Gasteiger partial charge in [0.05, 0.1) is 0 Å². The molecule has 110 valence electrons. The molecule has 0 radical (unpaired) electrons. The number of halogens is 1. The van der Waals surface area contributed by atoms with Crippen molar-refractivity contribution in [3.05, 3.63) is 22.4 Å². The predicted molar refractivity (Wildman–Crippen MR) is 83.9 cm³/mol. The highest BCUT2D eigenvalue weighted by molar-refractivity contribution is 9.10. The Bertz CT molecular complexity index is 517. The molecular weight excluding hydrogens is 316 g/mol. The number of nitrogens with zero attached hydrogens (tertiary/aromatic N) is 1. The Labute approximate surface area is 129 Å². The van der Waals surface area contributed by atoms with E-state index in [1.165, 1.54) is 32.1 Å². The summed E-state index contributed by atoms with van der Waals surface area (Å²) in [6.45, 7) is 4.54. The normalized spacial score (nSPS) is 25.4. The first-order valence-electron chi connectivity index (χ1n) is 7.65. The van der Waals surface area contributed by atoms with Gasteiger partial charge in [-0.15, -0.1) is 0 Å². The maximum atomic E-state index is 12.6. The van der Waals surface area contributed by atoms with Crippen LogP contribution in [0.2, 0.25) is 0 Å². The van der Waals surface area contributed by atoms with Crippen LogP contribution in [0.15, 0.2) is 16.7 Å². The summed E-state index contributed by atoms with van der Waals surface area (Å²) < 4.78 is 3.13. The van der Waals surface area contributed by atoms with E-state index in [4.69, 9.17) is 0 Å². The zero-order chi connectivity index (χ0) is 14.3. The van der Waals surface area contributed by atoms with Crippen molar-refractivity contribution >= 4 is 21.8 Å². The highest BCUT2D eigenvalue weighted by atomic mass is 79.9. The molecule has 1 unspecified atom stereocenters. The fourth-order valence-corrected chi connectivity index (χ4v) is 3.71. The second kappa shape index (κ2) is 5.21. The first-order chi connectivity index (χ1) is 9.47. The number of carbonyl (C=O) groups is 1. The molecular formula is C16H23BrN2O. The molecule has 4 heteroatoms. The van der Waals surface area contributed by atoms with E-state index in [-0.39, 0.29) is 11.3 Å². The first-order valence-corrected chi connectivity index (χ1v) is 8.45. The Morgan fingerprint density at radius 1 is 1.35 bits per heavy atom. The molecule has 2 aliphatic carbocycles. The van der Waals surface area contributed by atoms with E-state index >= 15 is 0 Å². The number of nitrogens with one attached hydrogen (secondary N) is 1. The van der Waals surface area contributed by atoms with Gasteiger partial charge in [-0.2, -0.15) is 0 Å². The van der Waals surface area contributed by atoms with Crippen molar-refractivity contribution in [2.75, 3.05) is 0 Å². The highest BCUT2D eigenvalue weighted by Gasteiger charge is 2.34. The maximum Gasteiger partial charge on any atom is 0.268 e. The largest absolute Gasteiger partial charge is 0.347 e. The third-order valence-electron chi connectivity index (χ3n) is 4.80. The summed E-state index contributed by atoms with van der Waals surface area (Å²) in [5, 5.41) is 3.28. The van der Waals surface area contributed by atoms with Gasteiger partial charge in [0.1, 0.15) is 5.69 Å². The summed E-state index contributed by atoms with van der Waals surface area (Å²) >= 11 is 3.49. The highest BCUT2D eigenvalue weighted by Crippen LogP contribution is 2.38. The van der Waals surface area contributed by atoms with Crippen molar-refractivity contribution in [3.63, 3.8) is 0 Å². The van der Waals surface area contributed by atoms with E-state index < -0.39 is 0 Å². The summed E-state index contributed by atoms with van der Waals surface area (Å²) in [5.74, 6) is 0.0857. The lowest BCUT2D eigenvalue weighted by Gasteiger charge is -2.39. The SMILES string of the molecule is CC1(C)CCCCC1NC(=O)c1cc(Br)cn1C1CC1. The molecule has 1 aromatic heterocycles. The van der Waals surface area contributed by atoms with E-state index in [1.54, 1.807) is 0 Å². The molecule has 1 heterocycles. The Hall–Kier alpha value is -0.770. The monoisotopic (exact) mass is 338 g/mol. The van der Waals surface area contributed by atoms with Crippen LogP contribution in [0.1, 0.15) is 68.9 Å². The van der Waals surface area contributed by atoms with Gasteiger partial charge in [-0.1, -0.05) is 26.7 Å². The summed E-state index contributed by atoms with van der Waals surface area (Å²) in [6, 6.07) is 2.77. The van der Waals surface area contributed by atoms with Crippen molar-refractivity contribution in [2.24, 2.45) is 5.41 Å². The number of amides is 1. The average Bonchev–Trinajstić information content (AvgIpc) is 3.15. The third-order valence-corrected chi connectivity index (χ3v) is 5.23. The topological polar surface area (TPSA) is 34.0 Å². The molecule has 3 rings (SSSR count). The van der Waals surface area contributed by atoms with Crippen LogP contribution in [-0.2, 0) is 0 Å². The maximum absolute atomic E-state index is 12.6. The average molecular weight is 339 g/mol. The fraction of sp³-hybridized carbons (Fsp3) is 0.688. The number of carbonyl (C=O) groups excluding carboxylic acids is 1. The minimum atomic E-state index is 0.0857. The van der Waals surface area contributed by atoms with E-state index in [0.29, 0.717) is 12.1 Å². The van der Waals surface area contributed by atoms with Gasteiger partial charge in [-0.25, -0.2) is 0 Å². The second-order valence-corrected chi connectivity index (χ2v) is 7.86. The van der Waals surface area contributed by atoms with Crippen LogP contribution in [0, 0.1) is 5.41 Å². The van der Waals surface area contributed by atoms with Crippen LogP contribution in [-0.4, -0.2) is 16.5 Å². The summed E-state index contributed by atoms with van der Waals surface area (Å²) in [7, 11) is 0. The molecule has 1 N–H and O–H groups in total. The van der Waals surface area contributed by atoms with E-state index in [0.717, 1.165) is 16.6 Å². The van der Waals surface area contributed by atoms with Gasteiger partial charge in [0.25, 0.3) is 5.91 Å². The van der Waals surface area contributed by atoms with E-state index in [9.17, 15) is 4.79 Å². The van der Waals surface area contributed by atoms with Gasteiger partial charge in [-0.3, -0.25) is 4.79 Å². The van der Waals surface area contributed by atoms with Crippen LogP contribution < -0.4 is 5.32 Å². The molecule has 20 heavy (non-hydrogen) atoms. The van der Waals surface area contributed by atoms with E-state index in [1.807, 2.05) is 12.3 Å². The molecule has 1 aromatic rings. The lowest BCUT2D eigenvalue weighted by molar-refractivity contribution is 0.0844. The molecule has 2 saturated carbocycles. The molecule has 0 spiro atoms. The lowest BCUT2D eigenvalue weighted by atomic mass is 9.73.